The van der Waals surface area contributed by atoms with Gasteiger partial charge in [-0.25, -0.2) is 14.1 Å². The van der Waals surface area contributed by atoms with Gasteiger partial charge < -0.3 is 39.7 Å². The van der Waals surface area contributed by atoms with E-state index in [1.165, 1.54) is 10.6 Å². The van der Waals surface area contributed by atoms with Gasteiger partial charge >= 0.3 is 15.6 Å². The van der Waals surface area contributed by atoms with Crippen LogP contribution < -0.4 is 5.49 Å². The maximum atomic E-state index is 12.2. The van der Waals surface area contributed by atoms with E-state index < -0.39 is 77.9 Å². The van der Waals surface area contributed by atoms with Crippen molar-refractivity contribution in [2.45, 2.75) is 49.1 Å². The van der Waals surface area contributed by atoms with Gasteiger partial charge in [-0.05, 0) is 22.0 Å². The van der Waals surface area contributed by atoms with E-state index in [0.717, 1.165) is 10.9 Å². The summed E-state index contributed by atoms with van der Waals surface area (Å²) >= 11 is 3.30. The van der Waals surface area contributed by atoms with Crippen LogP contribution in [0.4, 0.5) is 0 Å². The molecular formula is C16H21BrN4O13P2. The molecule has 0 spiro atoms. The Hall–Kier alpha value is -1.08. The smallest absolute Gasteiger partial charge is 0.387 e. The van der Waals surface area contributed by atoms with Crippen LogP contribution in [0, 0.1) is 5.41 Å². The summed E-state index contributed by atoms with van der Waals surface area (Å²) < 4.78 is 51.8. The highest BCUT2D eigenvalue weighted by molar-refractivity contribution is 9.10. The summed E-state index contributed by atoms with van der Waals surface area (Å²) in [6.07, 6.45) is -10.8. The largest absolute Gasteiger partial charge is 0.481 e. The van der Waals surface area contributed by atoms with Crippen molar-refractivity contribution >= 4 is 42.6 Å². The molecule has 2 aromatic rings. The number of aliphatic hydroxyl groups excluding tert-OH is 4. The number of hydrogen-bond acceptors (Lipinski definition) is 13. The van der Waals surface area contributed by atoms with Crippen molar-refractivity contribution in [2.24, 2.45) is 0 Å². The number of ether oxygens (including phenoxy) is 2. The number of nitrogens with zero attached hydrogens (tertiary/aromatic N) is 3. The quantitative estimate of drug-likeness (QED) is 0.167. The van der Waals surface area contributed by atoms with Gasteiger partial charge in [0.25, 0.3) is 0 Å². The fourth-order valence-electron chi connectivity index (χ4n) is 4.23. The summed E-state index contributed by atoms with van der Waals surface area (Å²) in [6.45, 7) is -1.69. The molecule has 6 rings (SSSR count). The van der Waals surface area contributed by atoms with E-state index in [4.69, 9.17) is 14.9 Å². The fraction of sp³-hybridized carbons (Fsp3) is 0.625. The zero-order valence-corrected chi connectivity index (χ0v) is 21.2. The molecule has 2 saturated heterocycles. The molecule has 10 atom stereocenters. The van der Waals surface area contributed by atoms with Crippen molar-refractivity contribution in [3.8, 4) is 0 Å². The second kappa shape index (κ2) is 9.29. The molecule has 2 unspecified atom stereocenters. The van der Waals surface area contributed by atoms with Gasteiger partial charge in [0.15, 0.2) is 12.5 Å². The third kappa shape index (κ3) is 4.54. The van der Waals surface area contributed by atoms with Crippen molar-refractivity contribution in [3.05, 3.63) is 22.5 Å². The minimum atomic E-state index is -5.26. The van der Waals surface area contributed by atoms with Gasteiger partial charge in [0.1, 0.15) is 54.1 Å². The number of nitrogens with one attached hydrogen (secondary N) is 1. The van der Waals surface area contributed by atoms with E-state index in [0.29, 0.717) is 0 Å². The van der Waals surface area contributed by atoms with Gasteiger partial charge in [-0.3, -0.25) is 23.6 Å². The Labute approximate surface area is 209 Å². The molecule has 4 aliphatic heterocycles. The van der Waals surface area contributed by atoms with Crippen LogP contribution in [0.15, 0.2) is 17.0 Å². The van der Waals surface area contributed by atoms with E-state index in [2.05, 4.69) is 34.3 Å². The molecule has 200 valence electrons. The average Bonchev–Trinajstić information content (AvgIpc) is 3.37. The topological polar surface area (TPSA) is 248 Å². The SMILES string of the molecule is N=c1c2cc(Br)n3c2ncn1[C@@H]1O[C@H](COP(=O)(O)OP(=O)(O)OC[C@H]2O[C@@H]3[C@H](O)[C@@H]2O)[C@@H](O)[C@H]1O. The number of hydrogen-bond donors (Lipinski definition) is 7. The first-order chi connectivity index (χ1) is 16.8. The van der Waals surface area contributed by atoms with Crippen LogP contribution in [0.5, 0.6) is 0 Å². The van der Waals surface area contributed by atoms with E-state index in [9.17, 15) is 39.3 Å². The van der Waals surface area contributed by atoms with Crippen molar-refractivity contribution in [2.75, 3.05) is 13.2 Å². The molecule has 0 aliphatic carbocycles. The summed E-state index contributed by atoms with van der Waals surface area (Å²) in [6, 6.07) is 1.47. The third-order valence-electron chi connectivity index (χ3n) is 5.99. The Morgan fingerprint density at radius 2 is 1.47 bits per heavy atom. The summed E-state index contributed by atoms with van der Waals surface area (Å²) in [5.74, 6) is 0. The van der Waals surface area contributed by atoms with Gasteiger partial charge in [0.2, 0.25) is 0 Å². The molecule has 4 aliphatic rings. The fourth-order valence-corrected chi connectivity index (χ4v) is 6.92. The molecule has 0 aromatic carbocycles. The summed E-state index contributed by atoms with van der Waals surface area (Å²) in [7, 11) is -10.5. The number of halogens is 1. The van der Waals surface area contributed by atoms with Crippen molar-refractivity contribution in [1.82, 2.24) is 14.1 Å². The number of phosphoric ester groups is 2. The van der Waals surface area contributed by atoms with Crippen LogP contribution in [-0.4, -0.2) is 94.2 Å². The van der Waals surface area contributed by atoms with Crippen LogP contribution in [0.2, 0.25) is 0 Å². The molecule has 17 nitrogen and oxygen atoms in total. The second-order valence-corrected chi connectivity index (χ2v) is 12.1. The highest BCUT2D eigenvalue weighted by Gasteiger charge is 2.48. The highest BCUT2D eigenvalue weighted by atomic mass is 79.9. The maximum Gasteiger partial charge on any atom is 0.481 e. The summed E-state index contributed by atoms with van der Waals surface area (Å²) in [5, 5.41) is 50.7. The standard InChI is InChI=1S/C16H21BrN4O13P2/c17-8-1-5-13(18)20-4-19-14(5)21(8)16-12(25)10(23)7(33-16)3-31-36(28,29)34-35(26,27)30-2-6-9(22)11(24)15(20)32-6/h1,4,6-7,9-12,15-16,18,22-25H,2-3H2,(H,26,27)(H,28,29)/t6-,7-,9-,10-,11-,12-,15-,16-/m1/s1. The summed E-state index contributed by atoms with van der Waals surface area (Å²) in [5.41, 5.74) is -0.0870. The van der Waals surface area contributed by atoms with Crippen molar-refractivity contribution in [1.29, 1.82) is 5.41 Å². The Kier molecular flexibility index (Phi) is 6.84. The Bertz CT molecular complexity index is 1340. The molecule has 2 aromatic heterocycles. The monoisotopic (exact) mass is 618 g/mol. The van der Waals surface area contributed by atoms with E-state index in [1.54, 1.807) is 0 Å². The molecule has 2 fully saturated rings. The van der Waals surface area contributed by atoms with E-state index in [-0.39, 0.29) is 21.1 Å². The van der Waals surface area contributed by atoms with E-state index in [1.807, 2.05) is 0 Å². The maximum absolute atomic E-state index is 12.2. The zero-order chi connectivity index (χ0) is 26.2. The van der Waals surface area contributed by atoms with Crippen LogP contribution in [-0.2, 0) is 32.0 Å². The van der Waals surface area contributed by atoms with Crippen LogP contribution in [0.3, 0.4) is 0 Å². The molecule has 6 heterocycles. The Morgan fingerprint density at radius 3 is 2.06 bits per heavy atom. The normalized spacial score (nSPS) is 43.8. The van der Waals surface area contributed by atoms with Crippen molar-refractivity contribution in [3.63, 3.8) is 0 Å². The van der Waals surface area contributed by atoms with Crippen LogP contribution in [0.1, 0.15) is 12.5 Å². The molecule has 7 N–H and O–H groups in total. The lowest BCUT2D eigenvalue weighted by molar-refractivity contribution is -0.0567. The number of phosphoric acid groups is 2. The minimum Gasteiger partial charge on any atom is -0.387 e. The minimum absolute atomic E-state index is 0.132. The number of aliphatic hydroxyl groups is 4. The Balaban J connectivity index is 1.61. The molecule has 0 amide bonds. The molecule has 20 heteroatoms. The predicted octanol–water partition coefficient (Wildman–Crippen LogP) is -1.42. The first kappa shape index (κ1) is 26.5. The molecule has 36 heavy (non-hydrogen) atoms. The third-order valence-corrected chi connectivity index (χ3v) is 9.21. The highest BCUT2D eigenvalue weighted by Crippen LogP contribution is 2.60. The molecule has 0 radical (unpaired) electrons. The van der Waals surface area contributed by atoms with Crippen LogP contribution >= 0.6 is 31.6 Å². The average molecular weight is 619 g/mol. The van der Waals surface area contributed by atoms with Gasteiger partial charge in [-0.15, -0.1) is 0 Å². The lowest BCUT2D eigenvalue weighted by Crippen LogP contribution is -2.36. The second-order valence-electron chi connectivity index (χ2n) is 8.28. The number of fused-ring (bicyclic) bond motifs is 7. The summed E-state index contributed by atoms with van der Waals surface area (Å²) in [4.78, 5) is 24.0. The lowest BCUT2D eigenvalue weighted by atomic mass is 10.1. The molecule has 0 saturated carbocycles. The van der Waals surface area contributed by atoms with E-state index >= 15 is 0 Å². The zero-order valence-electron chi connectivity index (χ0n) is 17.8. The first-order valence-corrected chi connectivity index (χ1v) is 14.1. The Morgan fingerprint density at radius 1 is 0.944 bits per heavy atom. The van der Waals surface area contributed by atoms with Gasteiger partial charge in [0.05, 0.1) is 23.2 Å². The van der Waals surface area contributed by atoms with Gasteiger partial charge in [0, 0.05) is 0 Å². The van der Waals surface area contributed by atoms with Crippen LogP contribution in [0.25, 0.3) is 11.0 Å². The number of aromatic nitrogens is 3. The van der Waals surface area contributed by atoms with Gasteiger partial charge in [-0.2, -0.15) is 4.31 Å². The first-order valence-electron chi connectivity index (χ1n) is 10.3. The molecule has 8 bridgehead atoms. The lowest BCUT2D eigenvalue weighted by Gasteiger charge is -2.21. The van der Waals surface area contributed by atoms with Gasteiger partial charge in [-0.1, -0.05) is 0 Å². The predicted molar refractivity (Wildman–Crippen MR) is 116 cm³/mol. The number of rotatable bonds is 0. The molecular weight excluding hydrogens is 598 g/mol. The van der Waals surface area contributed by atoms with Crippen molar-refractivity contribution < 1.29 is 62.2 Å².